The topological polar surface area (TPSA) is 41.6 Å². The van der Waals surface area contributed by atoms with Gasteiger partial charge in [0.05, 0.1) is 7.11 Å². The van der Waals surface area contributed by atoms with E-state index in [0.29, 0.717) is 5.75 Å². The van der Waals surface area contributed by atoms with Crippen LogP contribution >= 0.6 is 0 Å². The fourth-order valence-electron chi connectivity index (χ4n) is 2.49. The van der Waals surface area contributed by atoms with Crippen LogP contribution in [0, 0.1) is 0 Å². The molecule has 1 fully saturated rings. The Balaban J connectivity index is 2.41. The lowest BCUT2D eigenvalue weighted by molar-refractivity contribution is -0.203. The summed E-state index contributed by atoms with van der Waals surface area (Å²) in [5.41, 5.74) is 1.46. The van der Waals surface area contributed by atoms with Crippen molar-refractivity contribution in [3.8, 4) is 5.75 Å². The molecule has 1 aliphatic rings. The first-order chi connectivity index (χ1) is 9.65. The van der Waals surface area contributed by atoms with Crippen molar-refractivity contribution < 1.29 is 22.7 Å². The van der Waals surface area contributed by atoms with Gasteiger partial charge in [-0.1, -0.05) is 12.1 Å². The minimum Gasteiger partial charge on any atom is -0.497 e. The van der Waals surface area contributed by atoms with Crippen LogP contribution in [0.3, 0.4) is 0 Å². The van der Waals surface area contributed by atoms with Crippen LogP contribution < -0.4 is 10.2 Å². The Bertz CT molecular complexity index is 526. The number of hydrazine groups is 1. The quantitative estimate of drug-likeness (QED) is 0.933. The lowest BCUT2D eigenvalue weighted by Gasteiger charge is -2.37. The summed E-state index contributed by atoms with van der Waals surface area (Å²) in [4.78, 5) is 11.5. The van der Waals surface area contributed by atoms with Crippen molar-refractivity contribution >= 4 is 5.91 Å². The summed E-state index contributed by atoms with van der Waals surface area (Å²) in [6.07, 6.45) is -4.49. The van der Waals surface area contributed by atoms with Gasteiger partial charge < -0.3 is 4.74 Å². The van der Waals surface area contributed by atoms with E-state index >= 15 is 0 Å². The standard InChI is InChI=1S/C14H17F3N2O2/c1-13(2)8-11(20)18-19(13)12(14(15,16)17)9-4-6-10(21-3)7-5-9/h4-7,12H,8H2,1-3H3,(H,18,20). The maximum absolute atomic E-state index is 13.5. The molecule has 1 unspecified atom stereocenters. The van der Waals surface area contributed by atoms with Crippen molar-refractivity contribution in [2.24, 2.45) is 0 Å². The van der Waals surface area contributed by atoms with Crippen LogP contribution in [0.1, 0.15) is 31.9 Å². The highest BCUT2D eigenvalue weighted by Gasteiger charge is 2.52. The molecule has 21 heavy (non-hydrogen) atoms. The number of hydrogen-bond acceptors (Lipinski definition) is 3. The van der Waals surface area contributed by atoms with Crippen LogP contribution in [-0.4, -0.2) is 29.7 Å². The van der Waals surface area contributed by atoms with E-state index in [0.717, 1.165) is 5.01 Å². The van der Waals surface area contributed by atoms with E-state index in [9.17, 15) is 18.0 Å². The van der Waals surface area contributed by atoms with Crippen LogP contribution in [0.2, 0.25) is 0 Å². The number of amides is 1. The van der Waals surface area contributed by atoms with Gasteiger partial charge in [0.1, 0.15) is 5.75 Å². The summed E-state index contributed by atoms with van der Waals surface area (Å²) in [6.45, 7) is 3.21. The number of hydrogen-bond donors (Lipinski definition) is 1. The molecule has 7 heteroatoms. The molecule has 1 N–H and O–H groups in total. The number of methoxy groups -OCH3 is 1. The zero-order chi connectivity index (χ0) is 15.8. The number of nitrogens with one attached hydrogen (secondary N) is 1. The maximum atomic E-state index is 13.5. The number of carbonyl (C=O) groups is 1. The fourth-order valence-corrected chi connectivity index (χ4v) is 2.49. The first-order valence-electron chi connectivity index (χ1n) is 6.44. The highest BCUT2D eigenvalue weighted by Crippen LogP contribution is 2.42. The van der Waals surface area contributed by atoms with Crippen molar-refractivity contribution in [2.45, 2.75) is 38.0 Å². The third-order valence-corrected chi connectivity index (χ3v) is 3.49. The Kier molecular flexibility index (Phi) is 3.88. The predicted octanol–water partition coefficient (Wildman–Crippen LogP) is 2.81. The first kappa shape index (κ1) is 15.6. The number of carbonyl (C=O) groups excluding carboxylic acids is 1. The third kappa shape index (κ3) is 3.12. The molecule has 1 aromatic rings. The average molecular weight is 302 g/mol. The number of halogens is 3. The second-order valence-corrected chi connectivity index (χ2v) is 5.61. The van der Waals surface area contributed by atoms with Crippen LogP contribution in [-0.2, 0) is 4.79 Å². The Hall–Kier alpha value is -1.76. The molecular weight excluding hydrogens is 285 g/mol. The number of alkyl halides is 3. The summed E-state index contributed by atoms with van der Waals surface area (Å²) in [5, 5.41) is 0.983. The number of benzene rings is 1. The van der Waals surface area contributed by atoms with Gasteiger partial charge in [0.15, 0.2) is 6.04 Å². The molecule has 0 aromatic heterocycles. The van der Waals surface area contributed by atoms with E-state index in [1.165, 1.54) is 31.4 Å². The molecule has 0 radical (unpaired) electrons. The molecule has 1 heterocycles. The van der Waals surface area contributed by atoms with Crippen molar-refractivity contribution in [1.82, 2.24) is 10.4 Å². The molecule has 2 rings (SSSR count). The van der Waals surface area contributed by atoms with Gasteiger partial charge in [0.25, 0.3) is 0 Å². The van der Waals surface area contributed by atoms with E-state index in [1.54, 1.807) is 13.8 Å². The van der Waals surface area contributed by atoms with Gasteiger partial charge in [-0.25, -0.2) is 0 Å². The van der Waals surface area contributed by atoms with Crippen molar-refractivity contribution in [2.75, 3.05) is 7.11 Å². The molecule has 0 aliphatic carbocycles. The largest absolute Gasteiger partial charge is 0.497 e. The van der Waals surface area contributed by atoms with Crippen LogP contribution in [0.25, 0.3) is 0 Å². The van der Waals surface area contributed by atoms with E-state index in [-0.39, 0.29) is 12.0 Å². The van der Waals surface area contributed by atoms with Gasteiger partial charge in [0, 0.05) is 12.0 Å². The molecule has 1 atom stereocenters. The van der Waals surface area contributed by atoms with Crippen molar-refractivity contribution in [1.29, 1.82) is 0 Å². The number of nitrogens with zero attached hydrogens (tertiary/aromatic N) is 1. The van der Waals surface area contributed by atoms with E-state index in [1.807, 2.05) is 0 Å². The zero-order valence-electron chi connectivity index (χ0n) is 12.0. The normalized spacial score (nSPS) is 20.2. The highest BCUT2D eigenvalue weighted by atomic mass is 19.4. The number of ether oxygens (including phenoxy) is 1. The second-order valence-electron chi connectivity index (χ2n) is 5.61. The SMILES string of the molecule is COc1ccc(C(N2NC(=O)CC2(C)C)C(F)(F)F)cc1. The maximum Gasteiger partial charge on any atom is 0.409 e. The van der Waals surface area contributed by atoms with Gasteiger partial charge in [0.2, 0.25) is 5.91 Å². The van der Waals surface area contributed by atoms with Crippen molar-refractivity contribution in [3.05, 3.63) is 29.8 Å². The molecule has 116 valence electrons. The van der Waals surface area contributed by atoms with Gasteiger partial charge >= 0.3 is 6.18 Å². The molecule has 0 bridgehead atoms. The smallest absolute Gasteiger partial charge is 0.409 e. The fraction of sp³-hybridized carbons (Fsp3) is 0.500. The second kappa shape index (κ2) is 5.22. The Morgan fingerprint density at radius 2 is 1.86 bits per heavy atom. The Labute approximate surface area is 120 Å². The lowest BCUT2D eigenvalue weighted by Crippen LogP contribution is -2.51. The number of rotatable bonds is 3. The van der Waals surface area contributed by atoms with Crippen LogP contribution in [0.5, 0.6) is 5.75 Å². The predicted molar refractivity (Wildman–Crippen MR) is 70.5 cm³/mol. The molecule has 0 spiro atoms. The highest BCUT2D eigenvalue weighted by molar-refractivity contribution is 5.79. The summed E-state index contributed by atoms with van der Waals surface area (Å²) in [6, 6.07) is 3.76. The average Bonchev–Trinajstić information content (AvgIpc) is 2.62. The van der Waals surface area contributed by atoms with Gasteiger partial charge in [-0.2, -0.15) is 18.2 Å². The van der Waals surface area contributed by atoms with Crippen LogP contribution in [0.15, 0.2) is 24.3 Å². The molecule has 1 aromatic carbocycles. The zero-order valence-corrected chi connectivity index (χ0v) is 12.0. The molecular formula is C14H17F3N2O2. The monoisotopic (exact) mass is 302 g/mol. The van der Waals surface area contributed by atoms with Crippen molar-refractivity contribution in [3.63, 3.8) is 0 Å². The minimum atomic E-state index is -4.51. The Morgan fingerprint density at radius 3 is 2.24 bits per heavy atom. The first-order valence-corrected chi connectivity index (χ1v) is 6.44. The summed E-state index contributed by atoms with van der Waals surface area (Å²) in [5.74, 6) is 0.0622. The molecule has 0 saturated carbocycles. The van der Waals surface area contributed by atoms with Gasteiger partial charge in [-0.3, -0.25) is 10.2 Å². The Morgan fingerprint density at radius 1 is 1.29 bits per heavy atom. The summed E-state index contributed by atoms with van der Waals surface area (Å²) >= 11 is 0. The summed E-state index contributed by atoms with van der Waals surface area (Å²) in [7, 11) is 1.44. The van der Waals surface area contributed by atoms with E-state index < -0.39 is 23.7 Å². The van der Waals surface area contributed by atoms with Crippen LogP contribution in [0.4, 0.5) is 13.2 Å². The molecule has 1 aliphatic heterocycles. The molecule has 1 saturated heterocycles. The van der Waals surface area contributed by atoms with E-state index in [4.69, 9.17) is 4.74 Å². The molecule has 4 nitrogen and oxygen atoms in total. The van der Waals surface area contributed by atoms with Gasteiger partial charge in [-0.05, 0) is 31.5 Å². The summed E-state index contributed by atoms with van der Waals surface area (Å²) < 4.78 is 45.4. The molecule has 1 amide bonds. The third-order valence-electron chi connectivity index (χ3n) is 3.49. The minimum absolute atomic E-state index is 0.0235. The van der Waals surface area contributed by atoms with Gasteiger partial charge in [-0.15, -0.1) is 0 Å². The lowest BCUT2D eigenvalue weighted by atomic mass is 9.97. The van der Waals surface area contributed by atoms with E-state index in [2.05, 4.69) is 5.43 Å².